The topological polar surface area (TPSA) is 23.8 Å². The predicted octanol–water partition coefficient (Wildman–Crippen LogP) is 7.11. The summed E-state index contributed by atoms with van der Waals surface area (Å²) in [6, 6.07) is 24.0. The van der Waals surface area contributed by atoms with E-state index in [1.807, 2.05) is 24.3 Å². The lowest BCUT2D eigenvalue weighted by molar-refractivity contribution is 0.666. The molecule has 0 bridgehead atoms. The van der Waals surface area contributed by atoms with Gasteiger partial charge in [-0.15, -0.1) is 0 Å². The van der Waals surface area contributed by atoms with Gasteiger partial charge in [0.25, 0.3) is 0 Å². The average Bonchev–Trinajstić information content (AvgIpc) is 2.76. The summed E-state index contributed by atoms with van der Waals surface area (Å²) in [4.78, 5) is 0. The SMILES string of the molecule is CCCCCCc1ccc2c(c1)CCc1cc(-c3ccc(C#N)cc3)ccc1-2. The molecule has 0 atom stereocenters. The molecule has 1 heteroatoms. The van der Waals surface area contributed by atoms with Crippen LogP contribution in [0.1, 0.15) is 54.9 Å². The van der Waals surface area contributed by atoms with Crippen LogP contribution in [0, 0.1) is 11.3 Å². The fraction of sp³-hybridized carbons (Fsp3) is 0.296. The van der Waals surface area contributed by atoms with Gasteiger partial charge in [-0.25, -0.2) is 0 Å². The Labute approximate surface area is 168 Å². The van der Waals surface area contributed by atoms with E-state index in [0.29, 0.717) is 5.56 Å². The van der Waals surface area contributed by atoms with Crippen molar-refractivity contribution in [1.82, 2.24) is 0 Å². The number of nitrogens with zero attached hydrogens (tertiary/aromatic N) is 1. The third-order valence-corrected chi connectivity index (χ3v) is 5.90. The van der Waals surface area contributed by atoms with Crippen LogP contribution in [0.15, 0.2) is 60.7 Å². The quantitative estimate of drug-likeness (QED) is 0.427. The molecule has 3 aromatic rings. The van der Waals surface area contributed by atoms with Crippen LogP contribution < -0.4 is 0 Å². The number of benzene rings is 3. The molecule has 0 saturated heterocycles. The van der Waals surface area contributed by atoms with E-state index in [0.717, 1.165) is 12.8 Å². The third-order valence-electron chi connectivity index (χ3n) is 5.90. The third kappa shape index (κ3) is 3.87. The van der Waals surface area contributed by atoms with Gasteiger partial charge >= 0.3 is 0 Å². The predicted molar refractivity (Wildman–Crippen MR) is 117 cm³/mol. The highest BCUT2D eigenvalue weighted by Gasteiger charge is 2.17. The van der Waals surface area contributed by atoms with Gasteiger partial charge < -0.3 is 0 Å². The molecule has 0 N–H and O–H groups in total. The number of rotatable bonds is 6. The Kier molecular flexibility index (Phi) is 5.58. The van der Waals surface area contributed by atoms with Crippen LogP contribution in [0.4, 0.5) is 0 Å². The molecule has 0 aromatic heterocycles. The summed E-state index contributed by atoms with van der Waals surface area (Å²) in [5.74, 6) is 0. The van der Waals surface area contributed by atoms with E-state index in [2.05, 4.69) is 49.4 Å². The lowest BCUT2D eigenvalue weighted by Crippen LogP contribution is -2.05. The van der Waals surface area contributed by atoms with Crippen LogP contribution in [0.5, 0.6) is 0 Å². The van der Waals surface area contributed by atoms with Crippen molar-refractivity contribution in [3.8, 4) is 28.3 Å². The summed E-state index contributed by atoms with van der Waals surface area (Å²) in [6.07, 6.45) is 8.72. The second kappa shape index (κ2) is 8.44. The fourth-order valence-corrected chi connectivity index (χ4v) is 4.28. The number of hydrogen-bond donors (Lipinski definition) is 0. The summed E-state index contributed by atoms with van der Waals surface area (Å²) in [7, 11) is 0. The van der Waals surface area contributed by atoms with Crippen molar-refractivity contribution in [3.05, 3.63) is 82.9 Å². The fourth-order valence-electron chi connectivity index (χ4n) is 4.28. The van der Waals surface area contributed by atoms with E-state index in [9.17, 15) is 0 Å². The van der Waals surface area contributed by atoms with Gasteiger partial charge in [0.15, 0.2) is 0 Å². The lowest BCUT2D eigenvalue weighted by Gasteiger charge is -2.21. The first-order valence-electron chi connectivity index (χ1n) is 10.5. The number of fused-ring (bicyclic) bond motifs is 3. The van der Waals surface area contributed by atoms with E-state index in [4.69, 9.17) is 5.26 Å². The summed E-state index contributed by atoms with van der Waals surface area (Å²) < 4.78 is 0. The van der Waals surface area contributed by atoms with Crippen molar-refractivity contribution < 1.29 is 0 Å². The first-order chi connectivity index (χ1) is 13.8. The minimum atomic E-state index is 0.709. The molecule has 1 aliphatic rings. The molecule has 140 valence electrons. The van der Waals surface area contributed by atoms with E-state index < -0.39 is 0 Å². The Hall–Kier alpha value is -2.85. The van der Waals surface area contributed by atoms with Crippen LogP contribution >= 0.6 is 0 Å². The van der Waals surface area contributed by atoms with E-state index in [-0.39, 0.29) is 0 Å². The van der Waals surface area contributed by atoms with Crippen LogP contribution in [0.3, 0.4) is 0 Å². The molecule has 1 nitrogen and oxygen atoms in total. The van der Waals surface area contributed by atoms with E-state index >= 15 is 0 Å². The summed E-state index contributed by atoms with van der Waals surface area (Å²) in [5.41, 5.74) is 10.3. The first kappa shape index (κ1) is 18.5. The van der Waals surface area contributed by atoms with Gasteiger partial charge in [-0.05, 0) is 76.8 Å². The molecular weight excluding hydrogens is 338 g/mol. The molecule has 0 spiro atoms. The zero-order valence-corrected chi connectivity index (χ0v) is 16.7. The average molecular weight is 366 g/mol. The normalized spacial score (nSPS) is 12.1. The maximum absolute atomic E-state index is 8.99. The van der Waals surface area contributed by atoms with Crippen molar-refractivity contribution in [2.45, 2.75) is 51.9 Å². The minimum Gasteiger partial charge on any atom is -0.192 e. The van der Waals surface area contributed by atoms with Gasteiger partial charge in [0.1, 0.15) is 0 Å². The maximum atomic E-state index is 8.99. The molecule has 3 aromatic carbocycles. The molecule has 0 unspecified atom stereocenters. The van der Waals surface area contributed by atoms with Crippen molar-refractivity contribution in [2.24, 2.45) is 0 Å². The van der Waals surface area contributed by atoms with Crippen molar-refractivity contribution in [3.63, 3.8) is 0 Å². The van der Waals surface area contributed by atoms with Gasteiger partial charge in [0, 0.05) is 0 Å². The second-order valence-electron chi connectivity index (χ2n) is 7.86. The molecule has 0 fully saturated rings. The van der Waals surface area contributed by atoms with Crippen molar-refractivity contribution in [2.75, 3.05) is 0 Å². The molecule has 0 heterocycles. The van der Waals surface area contributed by atoms with Gasteiger partial charge in [-0.3, -0.25) is 0 Å². The molecule has 0 amide bonds. The van der Waals surface area contributed by atoms with E-state index in [1.54, 1.807) is 0 Å². The summed E-state index contributed by atoms with van der Waals surface area (Å²) in [6.45, 7) is 2.27. The van der Waals surface area contributed by atoms with Gasteiger partial charge in [-0.2, -0.15) is 5.26 Å². The van der Waals surface area contributed by atoms with Crippen LogP contribution in [-0.2, 0) is 19.3 Å². The Morgan fingerprint density at radius 2 is 1.43 bits per heavy atom. The molecule has 0 radical (unpaired) electrons. The number of hydrogen-bond acceptors (Lipinski definition) is 1. The van der Waals surface area contributed by atoms with Crippen molar-refractivity contribution >= 4 is 0 Å². The number of aryl methyl sites for hydroxylation is 3. The molecule has 1 aliphatic carbocycles. The van der Waals surface area contributed by atoms with Gasteiger partial charge in [0.2, 0.25) is 0 Å². The largest absolute Gasteiger partial charge is 0.192 e. The smallest absolute Gasteiger partial charge is 0.0991 e. The molecule has 28 heavy (non-hydrogen) atoms. The molecule has 0 aliphatic heterocycles. The standard InChI is InChI=1S/C27H27N/c1-2-3-4-5-6-20-9-15-26-24(17-20)12-13-25-18-23(14-16-27(25)26)22-10-7-21(19-28)8-11-22/h7-11,14-18H,2-6,12-13H2,1H3. The number of unbranched alkanes of at least 4 members (excludes halogenated alkanes) is 3. The molecule has 4 rings (SSSR count). The minimum absolute atomic E-state index is 0.709. The Balaban J connectivity index is 1.57. The summed E-state index contributed by atoms with van der Waals surface area (Å²) >= 11 is 0. The van der Waals surface area contributed by atoms with E-state index in [1.165, 1.54) is 71.0 Å². The Morgan fingerprint density at radius 3 is 2.14 bits per heavy atom. The van der Waals surface area contributed by atoms with Gasteiger partial charge in [-0.1, -0.05) is 74.7 Å². The Morgan fingerprint density at radius 1 is 0.750 bits per heavy atom. The number of nitriles is 1. The Bertz CT molecular complexity index is 1010. The van der Waals surface area contributed by atoms with Crippen LogP contribution in [-0.4, -0.2) is 0 Å². The van der Waals surface area contributed by atoms with Crippen molar-refractivity contribution in [1.29, 1.82) is 5.26 Å². The zero-order valence-electron chi connectivity index (χ0n) is 16.7. The highest BCUT2D eigenvalue weighted by Crippen LogP contribution is 2.36. The monoisotopic (exact) mass is 365 g/mol. The van der Waals surface area contributed by atoms with Crippen LogP contribution in [0.2, 0.25) is 0 Å². The first-order valence-corrected chi connectivity index (χ1v) is 10.5. The van der Waals surface area contributed by atoms with Gasteiger partial charge in [0.05, 0.1) is 11.6 Å². The van der Waals surface area contributed by atoms with Crippen LogP contribution in [0.25, 0.3) is 22.3 Å². The highest BCUT2D eigenvalue weighted by atomic mass is 14.2. The molecular formula is C27H27N. The maximum Gasteiger partial charge on any atom is 0.0991 e. The highest BCUT2D eigenvalue weighted by molar-refractivity contribution is 5.77. The lowest BCUT2D eigenvalue weighted by atomic mass is 9.83. The zero-order chi connectivity index (χ0) is 19.3. The summed E-state index contributed by atoms with van der Waals surface area (Å²) in [5, 5.41) is 8.99. The second-order valence-corrected chi connectivity index (χ2v) is 7.86. The molecule has 0 saturated carbocycles.